The van der Waals surface area contributed by atoms with Gasteiger partial charge in [0.05, 0.1) is 12.6 Å². The molecule has 0 aromatic rings. The second kappa shape index (κ2) is 10.6. The van der Waals surface area contributed by atoms with E-state index in [1.807, 2.05) is 0 Å². The lowest BCUT2D eigenvalue weighted by Gasteiger charge is -2.32. The molecule has 0 aromatic heterocycles. The summed E-state index contributed by atoms with van der Waals surface area (Å²) >= 11 is 0. The van der Waals surface area contributed by atoms with Gasteiger partial charge < -0.3 is 16.0 Å². The Morgan fingerprint density at radius 1 is 1.26 bits per heavy atom. The second-order valence-electron chi connectivity index (χ2n) is 6.23. The number of rotatable bonds is 7. The molecule has 0 radical (unpaired) electrons. The van der Waals surface area contributed by atoms with E-state index in [1.54, 1.807) is 6.08 Å². The van der Waals surface area contributed by atoms with Crippen LogP contribution in [0, 0.1) is 5.92 Å². The Balaban J connectivity index is 0.00000264. The summed E-state index contributed by atoms with van der Waals surface area (Å²) in [5.41, 5.74) is 0. The van der Waals surface area contributed by atoms with Crippen molar-refractivity contribution in [2.45, 2.75) is 31.7 Å². The smallest absolute Gasteiger partial charge is 0.237 e. The minimum atomic E-state index is -0.00984. The van der Waals surface area contributed by atoms with Crippen LogP contribution in [0.25, 0.3) is 0 Å². The largest absolute Gasteiger partial charge is 0.354 e. The second-order valence-corrected chi connectivity index (χ2v) is 6.23. The first kappa shape index (κ1) is 19.9. The van der Waals surface area contributed by atoms with E-state index in [-0.39, 0.29) is 30.3 Å². The van der Waals surface area contributed by atoms with E-state index in [0.29, 0.717) is 25.6 Å². The standard InChI is InChI=1S/C16H28N4O2.ClH/c1-2-7-18-15(21)12-20-9-4-5-13(11-20)10-19-16(22)14-6-3-8-17-14;/h2,13-14,17H,1,3-12H2,(H,18,21)(H,19,22);1H. The molecule has 2 rings (SSSR count). The highest BCUT2D eigenvalue weighted by Crippen LogP contribution is 2.15. The number of nitrogens with one attached hydrogen (secondary N) is 3. The molecule has 0 bridgehead atoms. The van der Waals surface area contributed by atoms with Crippen LogP contribution in [0.15, 0.2) is 12.7 Å². The van der Waals surface area contributed by atoms with Crippen LogP contribution in [0.2, 0.25) is 0 Å². The number of carbonyl (C=O) groups excluding carboxylic acids is 2. The Morgan fingerprint density at radius 2 is 2.09 bits per heavy atom. The number of piperidine rings is 1. The first-order chi connectivity index (χ1) is 10.7. The van der Waals surface area contributed by atoms with Crippen LogP contribution in [0.5, 0.6) is 0 Å². The zero-order valence-corrected chi connectivity index (χ0v) is 14.5. The molecule has 0 aromatic carbocycles. The van der Waals surface area contributed by atoms with Gasteiger partial charge in [-0.15, -0.1) is 19.0 Å². The number of amides is 2. The average Bonchev–Trinajstić information content (AvgIpc) is 3.05. The van der Waals surface area contributed by atoms with Crippen LogP contribution in [0.3, 0.4) is 0 Å². The van der Waals surface area contributed by atoms with Gasteiger partial charge in [-0.1, -0.05) is 6.08 Å². The molecule has 2 amide bonds. The lowest BCUT2D eigenvalue weighted by molar-refractivity contribution is -0.124. The molecule has 2 fully saturated rings. The third-order valence-electron chi connectivity index (χ3n) is 4.36. The fourth-order valence-corrected chi connectivity index (χ4v) is 3.18. The van der Waals surface area contributed by atoms with E-state index >= 15 is 0 Å². The summed E-state index contributed by atoms with van der Waals surface area (Å²) in [6.45, 7) is 8.02. The molecule has 6 nitrogen and oxygen atoms in total. The molecular weight excluding hydrogens is 316 g/mol. The lowest BCUT2D eigenvalue weighted by Crippen LogP contribution is -2.47. The SMILES string of the molecule is C=CCNC(=O)CN1CCCC(CNC(=O)C2CCCN2)C1.Cl. The van der Waals surface area contributed by atoms with Crippen LogP contribution >= 0.6 is 12.4 Å². The van der Waals surface area contributed by atoms with Gasteiger partial charge in [-0.05, 0) is 44.7 Å². The molecule has 23 heavy (non-hydrogen) atoms. The van der Waals surface area contributed by atoms with Crippen molar-refractivity contribution < 1.29 is 9.59 Å². The predicted octanol–water partition coefficient (Wildman–Crippen LogP) is 0.291. The summed E-state index contributed by atoms with van der Waals surface area (Å²) in [6, 6.07) is -0.00984. The lowest BCUT2D eigenvalue weighted by atomic mass is 9.98. The van der Waals surface area contributed by atoms with Crippen molar-refractivity contribution in [2.24, 2.45) is 5.92 Å². The van der Waals surface area contributed by atoms with Gasteiger partial charge in [0.15, 0.2) is 0 Å². The molecule has 132 valence electrons. The van der Waals surface area contributed by atoms with E-state index in [9.17, 15) is 9.59 Å². The van der Waals surface area contributed by atoms with Gasteiger partial charge in [-0.3, -0.25) is 14.5 Å². The van der Waals surface area contributed by atoms with Crippen LogP contribution in [-0.4, -0.2) is 62.0 Å². The average molecular weight is 345 g/mol. The number of nitrogens with zero attached hydrogens (tertiary/aromatic N) is 1. The Bertz CT molecular complexity index is 400. The molecule has 2 atom stereocenters. The highest BCUT2D eigenvalue weighted by Gasteiger charge is 2.25. The van der Waals surface area contributed by atoms with E-state index in [2.05, 4.69) is 27.4 Å². The highest BCUT2D eigenvalue weighted by molar-refractivity contribution is 5.85. The van der Waals surface area contributed by atoms with Crippen LogP contribution in [0.1, 0.15) is 25.7 Å². The minimum Gasteiger partial charge on any atom is -0.354 e. The van der Waals surface area contributed by atoms with E-state index in [0.717, 1.165) is 45.3 Å². The van der Waals surface area contributed by atoms with Crippen molar-refractivity contribution in [1.29, 1.82) is 0 Å². The van der Waals surface area contributed by atoms with Crippen molar-refractivity contribution in [1.82, 2.24) is 20.9 Å². The van der Waals surface area contributed by atoms with Crippen molar-refractivity contribution in [2.75, 3.05) is 39.3 Å². The molecule has 0 saturated carbocycles. The summed E-state index contributed by atoms with van der Waals surface area (Å²) in [5, 5.41) is 9.08. The fraction of sp³-hybridized carbons (Fsp3) is 0.750. The Hall–Kier alpha value is -1.11. The van der Waals surface area contributed by atoms with Gasteiger partial charge in [0.25, 0.3) is 0 Å². The van der Waals surface area contributed by atoms with E-state index < -0.39 is 0 Å². The van der Waals surface area contributed by atoms with Crippen molar-refractivity contribution in [3.8, 4) is 0 Å². The van der Waals surface area contributed by atoms with Gasteiger partial charge in [-0.2, -0.15) is 0 Å². The van der Waals surface area contributed by atoms with E-state index in [4.69, 9.17) is 0 Å². The third-order valence-corrected chi connectivity index (χ3v) is 4.36. The molecule has 0 aliphatic carbocycles. The fourth-order valence-electron chi connectivity index (χ4n) is 3.18. The van der Waals surface area contributed by atoms with Crippen LogP contribution in [-0.2, 0) is 9.59 Å². The van der Waals surface area contributed by atoms with Gasteiger partial charge in [-0.25, -0.2) is 0 Å². The van der Waals surface area contributed by atoms with Crippen LogP contribution < -0.4 is 16.0 Å². The molecule has 0 spiro atoms. The topological polar surface area (TPSA) is 73.5 Å². The van der Waals surface area contributed by atoms with Gasteiger partial charge in [0, 0.05) is 19.6 Å². The van der Waals surface area contributed by atoms with Crippen molar-refractivity contribution in [3.63, 3.8) is 0 Å². The van der Waals surface area contributed by atoms with Crippen molar-refractivity contribution in [3.05, 3.63) is 12.7 Å². The molecule has 2 unspecified atom stereocenters. The molecule has 3 N–H and O–H groups in total. The highest BCUT2D eigenvalue weighted by atomic mass is 35.5. The number of carbonyl (C=O) groups is 2. The van der Waals surface area contributed by atoms with Gasteiger partial charge >= 0.3 is 0 Å². The zero-order chi connectivity index (χ0) is 15.8. The summed E-state index contributed by atoms with van der Waals surface area (Å²) < 4.78 is 0. The summed E-state index contributed by atoms with van der Waals surface area (Å²) in [4.78, 5) is 25.9. The zero-order valence-electron chi connectivity index (χ0n) is 13.7. The third kappa shape index (κ3) is 6.89. The number of hydrogen-bond acceptors (Lipinski definition) is 4. The maximum Gasteiger partial charge on any atom is 0.237 e. The predicted molar refractivity (Wildman–Crippen MR) is 93.7 cm³/mol. The molecule has 2 saturated heterocycles. The number of halogens is 1. The Kier molecular flexibility index (Phi) is 9.21. The first-order valence-electron chi connectivity index (χ1n) is 8.30. The van der Waals surface area contributed by atoms with Gasteiger partial charge in [0.2, 0.25) is 11.8 Å². The normalized spacial score (nSPS) is 24.5. The number of likely N-dealkylation sites (tertiary alicyclic amines) is 1. The molecule has 7 heteroatoms. The minimum absolute atomic E-state index is 0. The quantitative estimate of drug-likeness (QED) is 0.580. The number of hydrogen-bond donors (Lipinski definition) is 3. The molecular formula is C16H29ClN4O2. The maximum absolute atomic E-state index is 12.0. The summed E-state index contributed by atoms with van der Waals surface area (Å²) in [5.74, 6) is 0.601. The Morgan fingerprint density at radius 3 is 2.78 bits per heavy atom. The van der Waals surface area contributed by atoms with Gasteiger partial charge in [0.1, 0.15) is 0 Å². The Labute approximate surface area is 144 Å². The van der Waals surface area contributed by atoms with Crippen LogP contribution in [0.4, 0.5) is 0 Å². The molecule has 2 heterocycles. The van der Waals surface area contributed by atoms with Crippen molar-refractivity contribution >= 4 is 24.2 Å². The summed E-state index contributed by atoms with van der Waals surface area (Å²) in [7, 11) is 0. The monoisotopic (exact) mass is 344 g/mol. The van der Waals surface area contributed by atoms with E-state index in [1.165, 1.54) is 0 Å². The summed E-state index contributed by atoms with van der Waals surface area (Å²) in [6.07, 6.45) is 5.89. The molecule has 2 aliphatic rings. The molecule has 2 aliphatic heterocycles. The first-order valence-corrected chi connectivity index (χ1v) is 8.30. The maximum atomic E-state index is 12.0.